The normalized spacial score (nSPS) is 24.3. The van der Waals surface area contributed by atoms with Crippen molar-refractivity contribution < 1.29 is 26.9 Å². The van der Waals surface area contributed by atoms with Gasteiger partial charge in [0.25, 0.3) is 5.91 Å². The molecule has 12 heteroatoms. The Labute approximate surface area is 215 Å². The lowest BCUT2D eigenvalue weighted by Crippen LogP contribution is -2.43. The number of ether oxygens (including phenoxy) is 1. The van der Waals surface area contributed by atoms with Crippen LogP contribution in [0.3, 0.4) is 0 Å². The van der Waals surface area contributed by atoms with E-state index in [4.69, 9.17) is 9.26 Å². The number of nitrogens with one attached hydrogen (secondary N) is 2. The summed E-state index contributed by atoms with van der Waals surface area (Å²) in [5, 5.41) is 6.88. The van der Waals surface area contributed by atoms with Crippen molar-refractivity contribution >= 4 is 27.0 Å². The van der Waals surface area contributed by atoms with Gasteiger partial charge in [0.15, 0.2) is 5.82 Å². The topological polar surface area (TPSA) is 130 Å². The van der Waals surface area contributed by atoms with Gasteiger partial charge in [0, 0.05) is 12.1 Å². The van der Waals surface area contributed by atoms with E-state index in [2.05, 4.69) is 27.4 Å². The van der Waals surface area contributed by atoms with Gasteiger partial charge in [0.2, 0.25) is 10.0 Å². The fourth-order valence-electron chi connectivity index (χ4n) is 5.47. The highest BCUT2D eigenvalue weighted by Gasteiger charge is 2.35. The first-order valence-electron chi connectivity index (χ1n) is 12.6. The van der Waals surface area contributed by atoms with Crippen LogP contribution in [0.25, 0.3) is 11.0 Å². The standard InChI is InChI=1S/C25H32FN5O5S/c1-14-4-6-16(7-5-14)22(29-25(32)18-12-36-30-15(18)2)24-27-19-9-8-17(21(26)23(19)28-24)20-13-35-11-10-31(20)37(3,33)34/h8-9,12,14,16,20,22H,4-7,10-11,13H2,1-3H3,(H,27,28)(H,29,32)/t14?,16?,20?,22-/m0/s1. The van der Waals surface area contributed by atoms with Gasteiger partial charge in [-0.2, -0.15) is 4.31 Å². The fraction of sp³-hybridized carbons (Fsp3) is 0.560. The van der Waals surface area contributed by atoms with Crippen LogP contribution in [0.15, 0.2) is 22.9 Å². The van der Waals surface area contributed by atoms with Crippen molar-refractivity contribution in [1.29, 1.82) is 0 Å². The second kappa shape index (κ2) is 10.1. The molecule has 2 aliphatic rings. The molecule has 5 rings (SSSR count). The fourth-order valence-corrected chi connectivity index (χ4v) is 6.51. The van der Waals surface area contributed by atoms with Crippen molar-refractivity contribution in [1.82, 2.24) is 24.7 Å². The molecule has 2 fully saturated rings. The molecule has 1 aliphatic carbocycles. The first kappa shape index (κ1) is 25.8. The highest BCUT2D eigenvalue weighted by atomic mass is 32.2. The van der Waals surface area contributed by atoms with Gasteiger partial charge in [-0.1, -0.05) is 31.0 Å². The number of nitrogens with zero attached hydrogens (tertiary/aromatic N) is 3. The molecular formula is C25H32FN5O5S. The van der Waals surface area contributed by atoms with Gasteiger partial charge >= 0.3 is 0 Å². The lowest BCUT2D eigenvalue weighted by atomic mass is 9.79. The lowest BCUT2D eigenvalue weighted by Gasteiger charge is -2.33. The molecule has 1 unspecified atom stereocenters. The van der Waals surface area contributed by atoms with Crippen LogP contribution in [-0.4, -0.2) is 59.8 Å². The maximum Gasteiger partial charge on any atom is 0.257 e. The molecule has 0 radical (unpaired) electrons. The Bertz CT molecular complexity index is 1400. The number of aromatic amines is 1. The molecule has 1 saturated heterocycles. The number of sulfonamides is 1. The Hall–Kier alpha value is -2.83. The molecule has 1 saturated carbocycles. The molecule has 37 heavy (non-hydrogen) atoms. The second-order valence-corrected chi connectivity index (χ2v) is 12.2. The Balaban J connectivity index is 1.51. The predicted octanol–water partition coefficient (Wildman–Crippen LogP) is 3.63. The zero-order valence-electron chi connectivity index (χ0n) is 21.2. The van der Waals surface area contributed by atoms with E-state index in [1.807, 2.05) is 0 Å². The van der Waals surface area contributed by atoms with Gasteiger partial charge < -0.3 is 19.6 Å². The van der Waals surface area contributed by atoms with Crippen LogP contribution in [0, 0.1) is 24.6 Å². The largest absolute Gasteiger partial charge is 0.378 e. The Morgan fingerprint density at radius 2 is 2.03 bits per heavy atom. The third-order valence-electron chi connectivity index (χ3n) is 7.61. The van der Waals surface area contributed by atoms with Crippen LogP contribution in [0.5, 0.6) is 0 Å². The smallest absolute Gasteiger partial charge is 0.257 e. The highest BCUT2D eigenvalue weighted by molar-refractivity contribution is 7.88. The summed E-state index contributed by atoms with van der Waals surface area (Å²) in [4.78, 5) is 20.9. The number of morpholine rings is 1. The van der Waals surface area contributed by atoms with E-state index in [-0.39, 0.29) is 42.7 Å². The third-order valence-corrected chi connectivity index (χ3v) is 8.90. The summed E-state index contributed by atoms with van der Waals surface area (Å²) in [7, 11) is -3.56. The first-order valence-corrected chi connectivity index (χ1v) is 14.4. The summed E-state index contributed by atoms with van der Waals surface area (Å²) in [6, 6.07) is 2.04. The van der Waals surface area contributed by atoms with Crippen molar-refractivity contribution in [3.05, 3.63) is 46.9 Å². The number of carbonyl (C=O) groups excluding carboxylic acids is 1. The number of hydrogen-bond acceptors (Lipinski definition) is 7. The number of H-pyrrole nitrogens is 1. The number of amides is 1. The average Bonchev–Trinajstić information content (AvgIpc) is 3.49. The minimum Gasteiger partial charge on any atom is -0.378 e. The molecule has 3 aromatic rings. The van der Waals surface area contributed by atoms with Crippen LogP contribution < -0.4 is 5.32 Å². The molecule has 2 atom stereocenters. The molecule has 200 valence electrons. The second-order valence-electron chi connectivity index (χ2n) is 10.2. The van der Waals surface area contributed by atoms with Crippen molar-refractivity contribution in [2.75, 3.05) is 26.0 Å². The number of benzene rings is 1. The Kier molecular flexibility index (Phi) is 7.08. The number of aromatic nitrogens is 3. The van der Waals surface area contributed by atoms with Gasteiger partial charge in [-0.05, 0) is 37.7 Å². The summed E-state index contributed by atoms with van der Waals surface area (Å²) in [6.07, 6.45) is 6.31. The number of carbonyl (C=O) groups is 1. The van der Waals surface area contributed by atoms with Crippen molar-refractivity contribution in [2.45, 2.75) is 51.6 Å². The van der Waals surface area contributed by atoms with E-state index >= 15 is 4.39 Å². The molecular weight excluding hydrogens is 501 g/mol. The predicted molar refractivity (Wildman–Crippen MR) is 134 cm³/mol. The van der Waals surface area contributed by atoms with Crippen LogP contribution in [0.2, 0.25) is 0 Å². The van der Waals surface area contributed by atoms with Gasteiger partial charge in [0.1, 0.15) is 23.2 Å². The minimum absolute atomic E-state index is 0.0593. The zero-order chi connectivity index (χ0) is 26.3. The van der Waals surface area contributed by atoms with Gasteiger partial charge in [-0.15, -0.1) is 0 Å². The number of halogens is 1. The van der Waals surface area contributed by atoms with Crippen molar-refractivity contribution in [3.63, 3.8) is 0 Å². The number of rotatable bonds is 6. The molecule has 1 aromatic carbocycles. The SMILES string of the molecule is Cc1nocc1C(=O)N[C@H](c1nc2c(F)c(C3COCCN3S(C)(=O)=O)ccc2[nH]1)C1CCC(C)CC1. The maximum absolute atomic E-state index is 15.9. The average molecular weight is 534 g/mol. The Morgan fingerprint density at radius 3 is 2.70 bits per heavy atom. The minimum atomic E-state index is -3.56. The summed E-state index contributed by atoms with van der Waals surface area (Å²) in [6.45, 7) is 4.39. The number of aryl methyl sites for hydroxylation is 1. The van der Waals surface area contributed by atoms with E-state index in [0.717, 1.165) is 31.9 Å². The van der Waals surface area contributed by atoms with Crippen LogP contribution in [0.4, 0.5) is 4.39 Å². The zero-order valence-corrected chi connectivity index (χ0v) is 22.0. The molecule has 0 bridgehead atoms. The van der Waals surface area contributed by atoms with Gasteiger partial charge in [0.05, 0.1) is 42.8 Å². The van der Waals surface area contributed by atoms with E-state index < -0.39 is 27.9 Å². The van der Waals surface area contributed by atoms with Crippen LogP contribution >= 0.6 is 0 Å². The molecule has 2 aromatic heterocycles. The van der Waals surface area contributed by atoms with Crippen molar-refractivity contribution in [3.8, 4) is 0 Å². The lowest BCUT2D eigenvalue weighted by molar-refractivity contribution is 0.0312. The van der Waals surface area contributed by atoms with Crippen molar-refractivity contribution in [2.24, 2.45) is 11.8 Å². The molecule has 2 N–H and O–H groups in total. The summed E-state index contributed by atoms with van der Waals surface area (Å²) in [5.41, 5.74) is 1.62. The van der Waals surface area contributed by atoms with E-state index in [1.54, 1.807) is 19.1 Å². The van der Waals surface area contributed by atoms with E-state index in [1.165, 1.54) is 10.6 Å². The van der Waals surface area contributed by atoms with E-state index in [0.29, 0.717) is 28.5 Å². The number of fused-ring (bicyclic) bond motifs is 1. The molecule has 1 amide bonds. The Morgan fingerprint density at radius 1 is 1.27 bits per heavy atom. The van der Waals surface area contributed by atoms with Crippen LogP contribution in [0.1, 0.15) is 72.1 Å². The highest BCUT2D eigenvalue weighted by Crippen LogP contribution is 2.38. The molecule has 10 nitrogen and oxygen atoms in total. The molecule has 0 spiro atoms. The third kappa shape index (κ3) is 5.14. The number of imidazole rings is 1. The summed E-state index contributed by atoms with van der Waals surface area (Å²) in [5.74, 6) is 0.274. The van der Waals surface area contributed by atoms with Crippen LogP contribution in [-0.2, 0) is 14.8 Å². The van der Waals surface area contributed by atoms with Gasteiger partial charge in [-0.3, -0.25) is 4.79 Å². The number of hydrogen-bond donors (Lipinski definition) is 2. The quantitative estimate of drug-likeness (QED) is 0.495. The molecule has 3 heterocycles. The first-order chi connectivity index (χ1) is 17.6. The van der Waals surface area contributed by atoms with Gasteiger partial charge in [-0.25, -0.2) is 17.8 Å². The summed E-state index contributed by atoms with van der Waals surface area (Å²) < 4.78 is 52.2. The maximum atomic E-state index is 15.9. The summed E-state index contributed by atoms with van der Waals surface area (Å²) >= 11 is 0. The van der Waals surface area contributed by atoms with E-state index in [9.17, 15) is 13.2 Å². The monoisotopic (exact) mass is 533 g/mol. The molecule has 1 aliphatic heterocycles.